The van der Waals surface area contributed by atoms with Crippen molar-refractivity contribution < 1.29 is 22.7 Å². The standard InChI is InChI=1S/C26H22F3NO3S.C2H6/c27-26(28,29)20-8-4-7-17(12-20)11-19-13-22(31)30-21(15-34-24(30)23(19)18-9-10-18)25(32)33-14-16-5-2-1-3-6-16;1-2/h1-8,12-13,18,21H,9-11,14-15H2;1-2H3. The van der Waals surface area contributed by atoms with Gasteiger partial charge in [0.05, 0.1) is 10.6 Å². The molecular formula is C28H28F3NO3S. The van der Waals surface area contributed by atoms with Crippen molar-refractivity contribution in [2.24, 2.45) is 0 Å². The van der Waals surface area contributed by atoms with Crippen LogP contribution in [0.1, 0.15) is 66.5 Å². The van der Waals surface area contributed by atoms with E-state index in [4.69, 9.17) is 4.74 Å². The summed E-state index contributed by atoms with van der Waals surface area (Å²) in [6.45, 7) is 4.13. The molecule has 0 amide bonds. The topological polar surface area (TPSA) is 48.3 Å². The zero-order valence-electron chi connectivity index (χ0n) is 20.2. The normalized spacial score (nSPS) is 16.6. The van der Waals surface area contributed by atoms with Crippen molar-refractivity contribution in [3.8, 4) is 0 Å². The lowest BCUT2D eigenvalue weighted by Gasteiger charge is -2.18. The molecule has 4 nitrogen and oxygen atoms in total. The number of nitrogens with zero attached hydrogens (tertiary/aromatic N) is 1. The molecule has 1 saturated carbocycles. The Morgan fingerprint density at radius 3 is 2.39 bits per heavy atom. The number of hydrogen-bond donors (Lipinski definition) is 0. The lowest BCUT2D eigenvalue weighted by Crippen LogP contribution is -2.30. The van der Waals surface area contributed by atoms with Crippen molar-refractivity contribution in [3.63, 3.8) is 0 Å². The average Bonchev–Trinajstić information content (AvgIpc) is 3.61. The summed E-state index contributed by atoms with van der Waals surface area (Å²) in [5.74, 6) is 0.203. The van der Waals surface area contributed by atoms with Crippen LogP contribution in [-0.4, -0.2) is 16.3 Å². The van der Waals surface area contributed by atoms with E-state index in [1.807, 2.05) is 44.2 Å². The minimum atomic E-state index is -4.42. The van der Waals surface area contributed by atoms with Gasteiger partial charge in [-0.05, 0) is 53.5 Å². The van der Waals surface area contributed by atoms with Crippen LogP contribution >= 0.6 is 11.8 Å². The number of esters is 1. The number of alkyl halides is 3. The van der Waals surface area contributed by atoms with Crippen molar-refractivity contribution in [1.82, 2.24) is 4.57 Å². The maximum Gasteiger partial charge on any atom is 0.416 e. The number of carbonyl (C=O) groups is 1. The summed E-state index contributed by atoms with van der Waals surface area (Å²) >= 11 is 1.45. The fourth-order valence-corrected chi connectivity index (χ4v) is 5.78. The van der Waals surface area contributed by atoms with Gasteiger partial charge in [0, 0.05) is 11.8 Å². The number of fused-ring (bicyclic) bond motifs is 1. The second-order valence-corrected chi connectivity index (χ2v) is 9.67. The molecule has 1 aliphatic carbocycles. The van der Waals surface area contributed by atoms with E-state index in [0.29, 0.717) is 11.3 Å². The number of pyridine rings is 1. The molecule has 1 unspecified atom stereocenters. The highest BCUT2D eigenvalue weighted by Gasteiger charge is 2.38. The van der Waals surface area contributed by atoms with Crippen LogP contribution in [0.2, 0.25) is 0 Å². The molecule has 0 radical (unpaired) electrons. The smallest absolute Gasteiger partial charge is 0.416 e. The van der Waals surface area contributed by atoms with Gasteiger partial charge in [0.2, 0.25) is 0 Å². The molecule has 190 valence electrons. The van der Waals surface area contributed by atoms with E-state index in [1.165, 1.54) is 28.5 Å². The Morgan fingerprint density at radius 1 is 1.03 bits per heavy atom. The largest absolute Gasteiger partial charge is 0.459 e. The third-order valence-corrected chi connectivity index (χ3v) is 7.32. The molecule has 2 aliphatic rings. The number of benzene rings is 2. The summed E-state index contributed by atoms with van der Waals surface area (Å²) in [4.78, 5) is 25.9. The summed E-state index contributed by atoms with van der Waals surface area (Å²) in [5.41, 5.74) is 2.07. The number of rotatable bonds is 6. The molecule has 1 atom stereocenters. The number of ether oxygens (including phenoxy) is 1. The third kappa shape index (κ3) is 5.69. The van der Waals surface area contributed by atoms with Gasteiger partial charge in [0.25, 0.3) is 5.56 Å². The molecule has 0 N–H and O–H groups in total. The number of carbonyl (C=O) groups excluding carboxylic acids is 1. The lowest BCUT2D eigenvalue weighted by molar-refractivity contribution is -0.148. The van der Waals surface area contributed by atoms with Crippen LogP contribution in [0.5, 0.6) is 0 Å². The predicted molar refractivity (Wildman–Crippen MR) is 134 cm³/mol. The van der Waals surface area contributed by atoms with Gasteiger partial charge < -0.3 is 4.74 Å². The number of thioether (sulfide) groups is 1. The van der Waals surface area contributed by atoms with Crippen molar-refractivity contribution in [2.75, 3.05) is 5.75 Å². The van der Waals surface area contributed by atoms with Crippen LogP contribution in [0.15, 0.2) is 70.5 Å². The van der Waals surface area contributed by atoms with Gasteiger partial charge in [-0.3, -0.25) is 9.36 Å². The van der Waals surface area contributed by atoms with Crippen LogP contribution in [0.4, 0.5) is 13.2 Å². The zero-order valence-corrected chi connectivity index (χ0v) is 21.0. The Labute approximate surface area is 212 Å². The molecule has 2 aromatic carbocycles. The van der Waals surface area contributed by atoms with Crippen LogP contribution in [0.25, 0.3) is 0 Å². The fraction of sp³-hybridized carbons (Fsp3) is 0.357. The van der Waals surface area contributed by atoms with E-state index in [9.17, 15) is 22.8 Å². The van der Waals surface area contributed by atoms with Crippen LogP contribution in [0, 0.1) is 0 Å². The molecule has 2 heterocycles. The SMILES string of the molecule is CC.O=C(OCc1ccccc1)C1CSc2c(C3CC3)c(Cc3cccc(C(F)(F)F)c3)cc(=O)n21. The molecule has 3 aromatic rings. The number of halogens is 3. The Morgan fingerprint density at radius 2 is 1.72 bits per heavy atom. The van der Waals surface area contributed by atoms with Gasteiger partial charge in [-0.1, -0.05) is 62.4 Å². The van der Waals surface area contributed by atoms with Gasteiger partial charge in [-0.2, -0.15) is 13.2 Å². The second kappa shape index (κ2) is 10.9. The quantitative estimate of drug-likeness (QED) is 0.341. The molecule has 1 aromatic heterocycles. The Bertz CT molecular complexity index is 1280. The molecule has 0 saturated heterocycles. The first-order valence-electron chi connectivity index (χ1n) is 12.1. The van der Waals surface area contributed by atoms with Gasteiger partial charge in [-0.15, -0.1) is 11.8 Å². The van der Waals surface area contributed by atoms with Gasteiger partial charge >= 0.3 is 12.1 Å². The minimum absolute atomic E-state index is 0.133. The number of hydrogen-bond acceptors (Lipinski definition) is 4. The molecule has 5 rings (SSSR count). The third-order valence-electron chi connectivity index (χ3n) is 6.15. The van der Waals surface area contributed by atoms with Crippen LogP contribution < -0.4 is 5.56 Å². The van der Waals surface area contributed by atoms with Gasteiger partial charge in [0.1, 0.15) is 12.6 Å². The Hall–Kier alpha value is -3.00. The molecule has 1 aliphatic heterocycles. The van der Waals surface area contributed by atoms with E-state index >= 15 is 0 Å². The predicted octanol–water partition coefficient (Wildman–Crippen LogP) is 6.75. The Balaban J connectivity index is 0.00000148. The van der Waals surface area contributed by atoms with E-state index < -0.39 is 23.8 Å². The molecule has 0 spiro atoms. The van der Waals surface area contributed by atoms with Crippen molar-refractivity contribution >= 4 is 17.7 Å². The monoisotopic (exact) mass is 515 g/mol. The minimum Gasteiger partial charge on any atom is -0.459 e. The number of aromatic nitrogens is 1. The van der Waals surface area contributed by atoms with E-state index in [0.717, 1.165) is 46.7 Å². The van der Waals surface area contributed by atoms with Crippen molar-refractivity contribution in [3.05, 3.63) is 98.8 Å². The van der Waals surface area contributed by atoms with Crippen molar-refractivity contribution in [2.45, 2.75) is 62.9 Å². The summed E-state index contributed by atoms with van der Waals surface area (Å²) in [5, 5.41) is 0.749. The molecule has 8 heteroatoms. The molecular weight excluding hydrogens is 487 g/mol. The first kappa shape index (κ1) is 26.1. The molecule has 0 bridgehead atoms. The molecule has 36 heavy (non-hydrogen) atoms. The Kier molecular flexibility index (Phi) is 7.93. The van der Waals surface area contributed by atoms with E-state index in [-0.39, 0.29) is 24.5 Å². The van der Waals surface area contributed by atoms with Crippen LogP contribution in [-0.2, 0) is 28.7 Å². The van der Waals surface area contributed by atoms with Crippen molar-refractivity contribution in [1.29, 1.82) is 0 Å². The van der Waals surface area contributed by atoms with E-state index in [2.05, 4.69) is 0 Å². The fourth-order valence-electron chi connectivity index (χ4n) is 4.37. The van der Waals surface area contributed by atoms with Gasteiger partial charge in [0.15, 0.2) is 0 Å². The maximum atomic E-state index is 13.2. The highest BCUT2D eigenvalue weighted by Crippen LogP contribution is 2.48. The lowest BCUT2D eigenvalue weighted by atomic mass is 9.97. The highest BCUT2D eigenvalue weighted by molar-refractivity contribution is 7.99. The highest BCUT2D eigenvalue weighted by atomic mass is 32.2. The zero-order chi connectivity index (χ0) is 25.9. The second-order valence-electron chi connectivity index (χ2n) is 8.67. The summed E-state index contributed by atoms with van der Waals surface area (Å²) in [7, 11) is 0. The summed E-state index contributed by atoms with van der Waals surface area (Å²) < 4.78 is 46.5. The molecule has 1 fully saturated rings. The van der Waals surface area contributed by atoms with Crippen LogP contribution in [0.3, 0.4) is 0 Å². The maximum absolute atomic E-state index is 13.2. The first-order valence-corrected chi connectivity index (χ1v) is 13.1. The van der Waals surface area contributed by atoms with Gasteiger partial charge in [-0.25, -0.2) is 4.79 Å². The summed E-state index contributed by atoms with van der Waals surface area (Å²) in [6.07, 6.45) is -2.26. The first-order chi connectivity index (χ1) is 17.3. The summed E-state index contributed by atoms with van der Waals surface area (Å²) in [6, 6.07) is 15.3. The average molecular weight is 516 g/mol. The van der Waals surface area contributed by atoms with E-state index in [1.54, 1.807) is 6.07 Å².